The molecule has 7 nitrogen and oxygen atoms in total. The lowest BCUT2D eigenvalue weighted by Gasteiger charge is -2.25. The van der Waals surface area contributed by atoms with Crippen LogP contribution in [0, 0.1) is 5.92 Å². The van der Waals surface area contributed by atoms with Crippen molar-refractivity contribution in [1.29, 1.82) is 0 Å². The zero-order valence-corrected chi connectivity index (χ0v) is 18.7. The van der Waals surface area contributed by atoms with Gasteiger partial charge in [0.1, 0.15) is 17.8 Å². The number of ether oxygens (including phenoxy) is 2. The summed E-state index contributed by atoms with van der Waals surface area (Å²) < 4.78 is 17.0. The molecule has 2 fully saturated rings. The fraction of sp³-hybridized carbons (Fsp3) is 0.385. The van der Waals surface area contributed by atoms with Gasteiger partial charge in [0.05, 0.1) is 19.8 Å². The van der Waals surface area contributed by atoms with Crippen molar-refractivity contribution in [2.45, 2.75) is 25.9 Å². The van der Waals surface area contributed by atoms with Gasteiger partial charge in [0, 0.05) is 26.2 Å². The first-order valence-electron chi connectivity index (χ1n) is 11.6. The molecule has 2 aromatic carbocycles. The molecule has 1 aromatic heterocycles. The van der Waals surface area contributed by atoms with E-state index in [1.807, 2.05) is 42.5 Å². The normalized spacial score (nSPS) is 16.2. The number of hydrogen-bond acceptors (Lipinski definition) is 6. The monoisotopic (exact) mass is 447 g/mol. The largest absolute Gasteiger partial charge is 0.457 e. The zero-order chi connectivity index (χ0) is 22.5. The third kappa shape index (κ3) is 6.00. The number of para-hydroxylation sites is 1. The highest BCUT2D eigenvalue weighted by Crippen LogP contribution is 2.31. The second-order valence-electron chi connectivity index (χ2n) is 8.71. The van der Waals surface area contributed by atoms with Crippen LogP contribution < -0.4 is 4.74 Å². The van der Waals surface area contributed by atoms with Crippen LogP contribution in [0.4, 0.5) is 0 Å². The van der Waals surface area contributed by atoms with Gasteiger partial charge in [0.2, 0.25) is 5.89 Å². The first-order chi connectivity index (χ1) is 16.2. The zero-order valence-electron chi connectivity index (χ0n) is 18.7. The van der Waals surface area contributed by atoms with E-state index in [9.17, 15) is 4.79 Å². The number of oxazole rings is 1. The topological polar surface area (TPSA) is 68.0 Å². The Morgan fingerprint density at radius 1 is 1.03 bits per heavy atom. The molecular formula is C26H29N3O4. The van der Waals surface area contributed by atoms with Crippen LogP contribution >= 0.6 is 0 Å². The van der Waals surface area contributed by atoms with Crippen LogP contribution in [-0.2, 0) is 17.8 Å². The van der Waals surface area contributed by atoms with Gasteiger partial charge in [0.15, 0.2) is 5.69 Å². The van der Waals surface area contributed by atoms with Gasteiger partial charge in [-0.3, -0.25) is 9.69 Å². The Balaban J connectivity index is 1.24. The van der Waals surface area contributed by atoms with Gasteiger partial charge in [-0.05, 0) is 48.6 Å². The van der Waals surface area contributed by atoms with E-state index in [2.05, 4.69) is 22.0 Å². The van der Waals surface area contributed by atoms with Crippen LogP contribution in [0.3, 0.4) is 0 Å². The van der Waals surface area contributed by atoms with Gasteiger partial charge in [-0.1, -0.05) is 30.3 Å². The Morgan fingerprint density at radius 2 is 1.82 bits per heavy atom. The number of benzene rings is 2. The number of hydrogen-bond donors (Lipinski definition) is 0. The summed E-state index contributed by atoms with van der Waals surface area (Å²) in [5.41, 5.74) is 1.54. The Hall–Kier alpha value is -3.16. The summed E-state index contributed by atoms with van der Waals surface area (Å²) >= 11 is 0. The molecule has 0 atom stereocenters. The fourth-order valence-corrected chi connectivity index (χ4v) is 4.04. The molecule has 2 aliphatic rings. The van der Waals surface area contributed by atoms with Crippen molar-refractivity contribution in [2.24, 2.45) is 5.92 Å². The maximum atomic E-state index is 12.7. The number of morpholine rings is 1. The highest BCUT2D eigenvalue weighted by atomic mass is 16.5. The number of amides is 1. The maximum absolute atomic E-state index is 12.7. The van der Waals surface area contributed by atoms with E-state index in [1.54, 1.807) is 4.90 Å². The summed E-state index contributed by atoms with van der Waals surface area (Å²) in [5, 5.41) is 0. The molecule has 1 aliphatic carbocycles. The van der Waals surface area contributed by atoms with E-state index in [0.717, 1.165) is 30.5 Å². The van der Waals surface area contributed by atoms with E-state index < -0.39 is 0 Å². The standard InChI is InChI=1S/C26H29N3O4/c30-26(29-11-13-31-14-12-29)24-19-32-25(27-24)18-28(16-20-9-10-20)17-21-5-4-8-23(15-21)33-22-6-2-1-3-7-22/h1-8,15,19-20H,9-14,16-18H2. The average molecular weight is 448 g/mol. The van der Waals surface area contributed by atoms with Crippen molar-refractivity contribution in [3.63, 3.8) is 0 Å². The van der Waals surface area contributed by atoms with Crippen LogP contribution in [0.1, 0.15) is 34.8 Å². The van der Waals surface area contributed by atoms with E-state index in [0.29, 0.717) is 44.4 Å². The molecule has 3 aromatic rings. The number of carbonyl (C=O) groups is 1. The highest BCUT2D eigenvalue weighted by Gasteiger charge is 2.26. The molecule has 7 heteroatoms. The summed E-state index contributed by atoms with van der Waals surface area (Å²) in [7, 11) is 0. The Bertz CT molecular complexity index is 1060. The quantitative estimate of drug-likeness (QED) is 0.486. The number of carbonyl (C=O) groups excluding carboxylic acids is 1. The maximum Gasteiger partial charge on any atom is 0.275 e. The Kier molecular flexibility index (Phi) is 6.69. The predicted molar refractivity (Wildman–Crippen MR) is 123 cm³/mol. The molecule has 5 rings (SSSR count). The molecule has 0 radical (unpaired) electrons. The third-order valence-corrected chi connectivity index (χ3v) is 5.92. The third-order valence-electron chi connectivity index (χ3n) is 5.92. The van der Waals surface area contributed by atoms with Crippen LogP contribution in [0.15, 0.2) is 65.3 Å². The van der Waals surface area contributed by atoms with Crippen molar-refractivity contribution in [3.8, 4) is 11.5 Å². The summed E-state index contributed by atoms with van der Waals surface area (Å²) in [4.78, 5) is 21.3. The minimum atomic E-state index is -0.0900. The van der Waals surface area contributed by atoms with Crippen molar-refractivity contribution in [3.05, 3.63) is 78.0 Å². The SMILES string of the molecule is O=C(c1coc(CN(Cc2cccc(Oc3ccccc3)c2)CC2CC2)n1)N1CCOCC1. The molecule has 1 amide bonds. The molecule has 0 unspecified atom stereocenters. The van der Waals surface area contributed by atoms with E-state index >= 15 is 0 Å². The second-order valence-corrected chi connectivity index (χ2v) is 8.71. The van der Waals surface area contributed by atoms with Crippen molar-refractivity contribution < 1.29 is 18.7 Å². The van der Waals surface area contributed by atoms with Crippen LogP contribution in [-0.4, -0.2) is 53.5 Å². The fourth-order valence-electron chi connectivity index (χ4n) is 4.04. The molecule has 0 spiro atoms. The second kappa shape index (κ2) is 10.2. The van der Waals surface area contributed by atoms with E-state index in [-0.39, 0.29) is 5.91 Å². The summed E-state index contributed by atoms with van der Waals surface area (Å²) in [6, 6.07) is 18.0. The van der Waals surface area contributed by atoms with Crippen molar-refractivity contribution in [2.75, 3.05) is 32.8 Å². The average Bonchev–Trinajstić information content (AvgIpc) is 3.54. The molecule has 172 valence electrons. The van der Waals surface area contributed by atoms with Crippen LogP contribution in [0.25, 0.3) is 0 Å². The van der Waals surface area contributed by atoms with Gasteiger partial charge in [-0.15, -0.1) is 0 Å². The molecule has 2 heterocycles. The molecule has 1 aliphatic heterocycles. The lowest BCUT2D eigenvalue weighted by atomic mass is 10.2. The van der Waals surface area contributed by atoms with Gasteiger partial charge < -0.3 is 18.8 Å². The first kappa shape index (κ1) is 21.7. The highest BCUT2D eigenvalue weighted by molar-refractivity contribution is 5.92. The first-order valence-corrected chi connectivity index (χ1v) is 11.6. The van der Waals surface area contributed by atoms with Crippen molar-refractivity contribution in [1.82, 2.24) is 14.8 Å². The van der Waals surface area contributed by atoms with Crippen LogP contribution in [0.5, 0.6) is 11.5 Å². The number of rotatable bonds is 9. The summed E-state index contributed by atoms with van der Waals surface area (Å²) in [6.07, 6.45) is 4.01. The molecule has 33 heavy (non-hydrogen) atoms. The summed E-state index contributed by atoms with van der Waals surface area (Å²) in [6.45, 7) is 4.64. The molecule has 1 saturated carbocycles. The van der Waals surface area contributed by atoms with E-state index in [1.165, 1.54) is 24.7 Å². The molecular weight excluding hydrogens is 418 g/mol. The van der Waals surface area contributed by atoms with Gasteiger partial charge in [-0.2, -0.15) is 0 Å². The van der Waals surface area contributed by atoms with Gasteiger partial charge >= 0.3 is 0 Å². The summed E-state index contributed by atoms with van der Waals surface area (Å²) in [5.74, 6) is 2.84. The molecule has 0 N–H and O–H groups in total. The van der Waals surface area contributed by atoms with Crippen LogP contribution in [0.2, 0.25) is 0 Å². The lowest BCUT2D eigenvalue weighted by molar-refractivity contribution is 0.0299. The predicted octanol–water partition coefficient (Wildman–Crippen LogP) is 4.35. The smallest absolute Gasteiger partial charge is 0.275 e. The molecule has 0 bridgehead atoms. The number of nitrogens with zero attached hydrogens (tertiary/aromatic N) is 3. The molecule has 1 saturated heterocycles. The van der Waals surface area contributed by atoms with Gasteiger partial charge in [-0.25, -0.2) is 4.98 Å². The Labute approximate surface area is 193 Å². The van der Waals surface area contributed by atoms with Crippen molar-refractivity contribution >= 4 is 5.91 Å². The lowest BCUT2D eigenvalue weighted by Crippen LogP contribution is -2.40. The minimum Gasteiger partial charge on any atom is -0.457 e. The van der Waals surface area contributed by atoms with Gasteiger partial charge in [0.25, 0.3) is 5.91 Å². The Morgan fingerprint density at radius 3 is 2.61 bits per heavy atom. The van der Waals surface area contributed by atoms with E-state index in [4.69, 9.17) is 13.9 Å². The number of aromatic nitrogens is 1. The minimum absolute atomic E-state index is 0.0900.